The topological polar surface area (TPSA) is 52.2 Å². The molecule has 154 valence electrons. The molecule has 2 aromatic rings. The highest BCUT2D eigenvalue weighted by Crippen LogP contribution is 2.33. The van der Waals surface area contributed by atoms with Crippen LogP contribution in [0, 0.1) is 6.92 Å². The van der Waals surface area contributed by atoms with E-state index < -0.39 is 0 Å². The van der Waals surface area contributed by atoms with Crippen molar-refractivity contribution >= 4 is 23.0 Å². The van der Waals surface area contributed by atoms with Gasteiger partial charge in [-0.1, -0.05) is 12.1 Å². The standard InChI is InChI=1S/C22H26N2O4S/c1-15-5-7-19(25-2)18(10-15)23-22(29)24(13-17-4-3-9-26-17)12-16-6-8-20-21(11-16)28-14-27-20/h5-8,10-11,17H,3-4,9,12-14H2,1-2H3,(H,23,29). The maximum Gasteiger partial charge on any atom is 0.231 e. The molecule has 1 N–H and O–H groups in total. The molecule has 0 radical (unpaired) electrons. The van der Waals surface area contributed by atoms with Crippen LogP contribution in [-0.2, 0) is 11.3 Å². The third-order valence-electron chi connectivity index (χ3n) is 5.14. The lowest BCUT2D eigenvalue weighted by Crippen LogP contribution is -2.39. The third-order valence-corrected chi connectivity index (χ3v) is 5.50. The summed E-state index contributed by atoms with van der Waals surface area (Å²) in [6.07, 6.45) is 2.32. The highest BCUT2D eigenvalue weighted by Gasteiger charge is 2.23. The zero-order valence-electron chi connectivity index (χ0n) is 16.8. The van der Waals surface area contributed by atoms with Crippen molar-refractivity contribution in [1.29, 1.82) is 0 Å². The third kappa shape index (κ3) is 4.74. The number of methoxy groups -OCH3 is 1. The number of hydrogen-bond acceptors (Lipinski definition) is 5. The summed E-state index contributed by atoms with van der Waals surface area (Å²) in [5.74, 6) is 2.32. The predicted molar refractivity (Wildman–Crippen MR) is 116 cm³/mol. The number of fused-ring (bicyclic) bond motifs is 1. The fourth-order valence-electron chi connectivity index (χ4n) is 3.63. The fraction of sp³-hybridized carbons (Fsp3) is 0.409. The summed E-state index contributed by atoms with van der Waals surface area (Å²) in [5, 5.41) is 4.01. The molecule has 2 aromatic carbocycles. The van der Waals surface area contributed by atoms with Gasteiger partial charge in [0, 0.05) is 19.7 Å². The second kappa shape index (κ2) is 8.88. The van der Waals surface area contributed by atoms with Crippen molar-refractivity contribution in [3.8, 4) is 17.2 Å². The Morgan fingerprint density at radius 2 is 2.07 bits per heavy atom. The Bertz CT molecular complexity index is 883. The number of hydrogen-bond donors (Lipinski definition) is 1. The average Bonchev–Trinajstić information content (AvgIpc) is 3.39. The molecule has 0 spiro atoms. The van der Waals surface area contributed by atoms with Crippen LogP contribution in [0.2, 0.25) is 0 Å². The van der Waals surface area contributed by atoms with E-state index in [1.807, 2.05) is 43.3 Å². The summed E-state index contributed by atoms with van der Waals surface area (Å²) in [6, 6.07) is 12.0. The van der Waals surface area contributed by atoms with Crippen LogP contribution in [0.4, 0.5) is 5.69 Å². The lowest BCUT2D eigenvalue weighted by molar-refractivity contribution is 0.0905. The molecule has 2 heterocycles. The van der Waals surface area contributed by atoms with Crippen molar-refractivity contribution in [3.05, 3.63) is 47.5 Å². The van der Waals surface area contributed by atoms with Crippen molar-refractivity contribution in [2.75, 3.05) is 32.4 Å². The molecular weight excluding hydrogens is 388 g/mol. The molecule has 2 aliphatic heterocycles. The first-order valence-corrected chi connectivity index (χ1v) is 10.2. The number of rotatable bonds is 6. The zero-order chi connectivity index (χ0) is 20.2. The lowest BCUT2D eigenvalue weighted by atomic mass is 10.1. The first kappa shape index (κ1) is 19.8. The van der Waals surface area contributed by atoms with Crippen molar-refractivity contribution in [3.63, 3.8) is 0 Å². The van der Waals surface area contributed by atoms with Gasteiger partial charge in [-0.3, -0.25) is 0 Å². The number of thiocarbonyl (C=S) groups is 1. The molecule has 7 heteroatoms. The highest BCUT2D eigenvalue weighted by molar-refractivity contribution is 7.80. The minimum Gasteiger partial charge on any atom is -0.495 e. The van der Waals surface area contributed by atoms with Crippen LogP contribution in [0.1, 0.15) is 24.0 Å². The van der Waals surface area contributed by atoms with Crippen LogP contribution in [0.25, 0.3) is 0 Å². The smallest absolute Gasteiger partial charge is 0.231 e. The van der Waals surface area contributed by atoms with Crippen LogP contribution >= 0.6 is 12.2 Å². The van der Waals surface area contributed by atoms with Gasteiger partial charge in [0.15, 0.2) is 16.6 Å². The number of ether oxygens (including phenoxy) is 4. The molecule has 0 saturated carbocycles. The quantitative estimate of drug-likeness (QED) is 0.714. The molecule has 0 aliphatic carbocycles. The van der Waals surface area contributed by atoms with Gasteiger partial charge < -0.3 is 29.2 Å². The molecule has 1 fully saturated rings. The highest BCUT2D eigenvalue weighted by atomic mass is 32.1. The molecule has 4 rings (SSSR count). The molecule has 1 unspecified atom stereocenters. The Morgan fingerprint density at radius 3 is 2.86 bits per heavy atom. The number of aryl methyl sites for hydroxylation is 1. The lowest BCUT2D eigenvalue weighted by Gasteiger charge is -2.29. The number of benzene rings is 2. The Kier molecular flexibility index (Phi) is 6.06. The average molecular weight is 415 g/mol. The Morgan fingerprint density at radius 1 is 1.21 bits per heavy atom. The Labute approximate surface area is 176 Å². The van der Waals surface area contributed by atoms with Gasteiger partial charge in [-0.2, -0.15) is 0 Å². The monoisotopic (exact) mass is 414 g/mol. The molecule has 0 aromatic heterocycles. The summed E-state index contributed by atoms with van der Waals surface area (Å²) in [5.41, 5.74) is 3.10. The summed E-state index contributed by atoms with van der Waals surface area (Å²) < 4.78 is 22.3. The van der Waals surface area contributed by atoms with E-state index in [0.29, 0.717) is 11.7 Å². The van der Waals surface area contributed by atoms with Crippen molar-refractivity contribution in [2.24, 2.45) is 0 Å². The van der Waals surface area contributed by atoms with Crippen LogP contribution in [0.15, 0.2) is 36.4 Å². The predicted octanol–water partition coefficient (Wildman–Crippen LogP) is 4.11. The SMILES string of the molecule is COc1ccc(C)cc1NC(=S)N(Cc1ccc2c(c1)OCO2)CC1CCCO1. The first-order valence-electron chi connectivity index (χ1n) is 9.83. The van der Waals surface area contributed by atoms with E-state index in [-0.39, 0.29) is 12.9 Å². The van der Waals surface area contributed by atoms with Gasteiger partial charge >= 0.3 is 0 Å². The molecule has 6 nitrogen and oxygen atoms in total. The second-order valence-corrected chi connectivity index (χ2v) is 7.72. The molecule has 0 amide bonds. The maximum atomic E-state index is 5.86. The summed E-state index contributed by atoms with van der Waals surface area (Å²) in [4.78, 5) is 2.14. The van der Waals surface area contributed by atoms with E-state index in [9.17, 15) is 0 Å². The summed E-state index contributed by atoms with van der Waals surface area (Å²) in [7, 11) is 1.66. The van der Waals surface area contributed by atoms with Gasteiger partial charge in [0.2, 0.25) is 6.79 Å². The summed E-state index contributed by atoms with van der Waals surface area (Å²) >= 11 is 5.79. The van der Waals surface area contributed by atoms with E-state index in [2.05, 4.69) is 10.2 Å². The number of nitrogens with zero attached hydrogens (tertiary/aromatic N) is 1. The van der Waals surface area contributed by atoms with E-state index in [0.717, 1.165) is 60.1 Å². The zero-order valence-corrected chi connectivity index (χ0v) is 17.6. The van der Waals surface area contributed by atoms with E-state index >= 15 is 0 Å². The number of nitrogens with one attached hydrogen (secondary N) is 1. The normalized spacial score (nSPS) is 17.2. The molecule has 2 aliphatic rings. The Balaban J connectivity index is 1.53. The van der Waals surface area contributed by atoms with Gasteiger partial charge in [-0.25, -0.2) is 0 Å². The minimum atomic E-state index is 0.183. The first-order chi connectivity index (χ1) is 14.1. The summed E-state index contributed by atoms with van der Waals surface area (Å²) in [6.45, 7) is 4.51. The van der Waals surface area contributed by atoms with Crippen molar-refractivity contribution in [1.82, 2.24) is 4.90 Å². The van der Waals surface area contributed by atoms with Gasteiger partial charge in [-0.15, -0.1) is 0 Å². The van der Waals surface area contributed by atoms with E-state index in [1.165, 1.54) is 0 Å². The van der Waals surface area contributed by atoms with Crippen molar-refractivity contribution in [2.45, 2.75) is 32.4 Å². The Hall–Kier alpha value is -2.51. The van der Waals surface area contributed by atoms with E-state index in [4.69, 9.17) is 31.2 Å². The number of anilines is 1. The molecule has 1 saturated heterocycles. The molecule has 29 heavy (non-hydrogen) atoms. The van der Waals surface area contributed by atoms with Gasteiger partial charge in [0.05, 0.1) is 18.9 Å². The van der Waals surface area contributed by atoms with Crippen molar-refractivity contribution < 1.29 is 18.9 Å². The largest absolute Gasteiger partial charge is 0.495 e. The van der Waals surface area contributed by atoms with Gasteiger partial charge in [-0.05, 0) is 67.4 Å². The van der Waals surface area contributed by atoms with Crippen LogP contribution in [0.5, 0.6) is 17.2 Å². The molecular formula is C22H26N2O4S. The second-order valence-electron chi connectivity index (χ2n) is 7.34. The molecule has 1 atom stereocenters. The van der Waals surface area contributed by atoms with E-state index in [1.54, 1.807) is 7.11 Å². The van der Waals surface area contributed by atoms with Gasteiger partial charge in [0.1, 0.15) is 5.75 Å². The van der Waals surface area contributed by atoms with Crippen LogP contribution < -0.4 is 19.5 Å². The van der Waals surface area contributed by atoms with Gasteiger partial charge in [0.25, 0.3) is 0 Å². The maximum absolute atomic E-state index is 5.86. The minimum absolute atomic E-state index is 0.183. The fourth-order valence-corrected chi connectivity index (χ4v) is 3.88. The van der Waals surface area contributed by atoms with Crippen LogP contribution in [0.3, 0.4) is 0 Å². The van der Waals surface area contributed by atoms with Crippen LogP contribution in [-0.4, -0.2) is 43.2 Å². The molecule has 0 bridgehead atoms.